The van der Waals surface area contributed by atoms with Gasteiger partial charge in [-0.05, 0) is 13.0 Å². The summed E-state index contributed by atoms with van der Waals surface area (Å²) >= 11 is 0. The average molecular weight is 197 g/mol. The van der Waals surface area contributed by atoms with Gasteiger partial charge in [-0.15, -0.1) is 4.99 Å². The largest absolute Gasteiger partial charge is 0.463 e. The number of rotatable bonds is 3. The van der Waals surface area contributed by atoms with Crippen molar-refractivity contribution in [3.63, 3.8) is 0 Å². The van der Waals surface area contributed by atoms with Crippen LogP contribution in [0, 0.1) is 0 Å². The van der Waals surface area contributed by atoms with E-state index in [4.69, 9.17) is 0 Å². The highest BCUT2D eigenvalue weighted by molar-refractivity contribution is 5.90. The van der Waals surface area contributed by atoms with Crippen molar-refractivity contribution < 1.29 is 19.1 Å². The van der Waals surface area contributed by atoms with Crippen LogP contribution in [-0.2, 0) is 19.1 Å². The highest BCUT2D eigenvalue weighted by Crippen LogP contribution is 1.74. The van der Waals surface area contributed by atoms with Gasteiger partial charge in [0.25, 0.3) is 5.91 Å². The number of esters is 1. The van der Waals surface area contributed by atoms with E-state index in [0.717, 1.165) is 18.2 Å². The Morgan fingerprint density at radius 2 is 2.00 bits per heavy atom. The molecular formula is C9H11NO4. The van der Waals surface area contributed by atoms with Crippen LogP contribution in [0.15, 0.2) is 30.3 Å². The normalized spacial score (nSPS) is 6.93. The minimum absolute atomic E-state index is 0.359. The number of isocyanates is 1. The zero-order valence-corrected chi connectivity index (χ0v) is 7.86. The molecule has 0 spiro atoms. The highest BCUT2D eigenvalue weighted by Gasteiger charge is 1.86. The molecule has 0 fully saturated rings. The summed E-state index contributed by atoms with van der Waals surface area (Å²) < 4.78 is 4.43. The van der Waals surface area contributed by atoms with Crippen molar-refractivity contribution in [3.05, 3.63) is 25.3 Å². The second-order valence-electron chi connectivity index (χ2n) is 1.70. The molecule has 1 amide bonds. The van der Waals surface area contributed by atoms with Gasteiger partial charge in [0.05, 0.1) is 6.61 Å². The third-order valence-electron chi connectivity index (χ3n) is 0.784. The van der Waals surface area contributed by atoms with Gasteiger partial charge in [0.15, 0.2) is 0 Å². The lowest BCUT2D eigenvalue weighted by molar-refractivity contribution is -0.137. The van der Waals surface area contributed by atoms with Crippen molar-refractivity contribution in [1.82, 2.24) is 0 Å². The summed E-state index contributed by atoms with van der Waals surface area (Å²) in [5.41, 5.74) is 0. The summed E-state index contributed by atoms with van der Waals surface area (Å²) in [6.07, 6.45) is 3.15. The number of nitrogens with zero attached hydrogens (tertiary/aromatic N) is 1. The van der Waals surface area contributed by atoms with Gasteiger partial charge in [0.2, 0.25) is 6.08 Å². The molecule has 0 aliphatic carbocycles. The zero-order valence-electron chi connectivity index (χ0n) is 7.86. The van der Waals surface area contributed by atoms with Crippen molar-refractivity contribution in [1.29, 1.82) is 0 Å². The van der Waals surface area contributed by atoms with Crippen LogP contribution in [0.1, 0.15) is 6.92 Å². The predicted octanol–water partition coefficient (Wildman–Crippen LogP) is 0.770. The maximum atomic E-state index is 10.1. The fourth-order valence-electron chi connectivity index (χ4n) is 0.292. The molecule has 0 aromatic carbocycles. The van der Waals surface area contributed by atoms with E-state index >= 15 is 0 Å². The van der Waals surface area contributed by atoms with Crippen LogP contribution in [0.4, 0.5) is 0 Å². The van der Waals surface area contributed by atoms with E-state index in [1.165, 1.54) is 0 Å². The number of aliphatic imine (C=N–C) groups is 1. The Balaban J connectivity index is 0. The number of carbonyl (C=O) groups is 2. The van der Waals surface area contributed by atoms with Gasteiger partial charge in [-0.25, -0.2) is 9.59 Å². The van der Waals surface area contributed by atoms with Crippen LogP contribution in [0.5, 0.6) is 0 Å². The van der Waals surface area contributed by atoms with Crippen LogP contribution in [0.3, 0.4) is 0 Å². The molecule has 0 heterocycles. The molecule has 0 N–H and O–H groups in total. The Labute approximate surface area is 81.8 Å². The lowest BCUT2D eigenvalue weighted by atomic mass is 10.6. The number of hydrogen-bond acceptors (Lipinski definition) is 4. The van der Waals surface area contributed by atoms with E-state index in [-0.39, 0.29) is 5.97 Å². The second-order valence-corrected chi connectivity index (χ2v) is 1.70. The fraction of sp³-hybridized carbons (Fsp3) is 0.222. The molecule has 76 valence electrons. The van der Waals surface area contributed by atoms with Gasteiger partial charge in [-0.3, -0.25) is 4.79 Å². The monoisotopic (exact) mass is 197 g/mol. The van der Waals surface area contributed by atoms with E-state index in [2.05, 4.69) is 22.9 Å². The van der Waals surface area contributed by atoms with Crippen molar-refractivity contribution in [2.24, 2.45) is 4.99 Å². The van der Waals surface area contributed by atoms with Gasteiger partial charge in [-0.1, -0.05) is 13.2 Å². The number of amides is 1. The smallest absolute Gasteiger partial charge is 0.330 e. The molecular weight excluding hydrogens is 186 g/mol. The third-order valence-corrected chi connectivity index (χ3v) is 0.784. The molecule has 0 rings (SSSR count). The molecule has 0 atom stereocenters. The highest BCUT2D eigenvalue weighted by atomic mass is 16.5. The number of carbonyl (C=O) groups excluding carboxylic acids is 3. The van der Waals surface area contributed by atoms with Gasteiger partial charge >= 0.3 is 5.97 Å². The topological polar surface area (TPSA) is 72.8 Å². The lowest BCUT2D eigenvalue weighted by Crippen LogP contribution is -1.97. The minimum Gasteiger partial charge on any atom is -0.463 e. The third kappa shape index (κ3) is 12.7. The Hall–Kier alpha value is -2.00. The van der Waals surface area contributed by atoms with Crippen molar-refractivity contribution in [3.8, 4) is 0 Å². The average Bonchev–Trinajstić information content (AvgIpc) is 2.19. The summed E-state index contributed by atoms with van der Waals surface area (Å²) in [4.78, 5) is 31.8. The molecule has 0 aromatic rings. The van der Waals surface area contributed by atoms with E-state index in [0.29, 0.717) is 6.61 Å². The first-order chi connectivity index (χ1) is 6.62. The molecule has 0 unspecified atom stereocenters. The molecule has 0 radical (unpaired) electrons. The molecule has 0 aliphatic heterocycles. The zero-order chi connectivity index (χ0) is 11.4. The van der Waals surface area contributed by atoms with E-state index < -0.39 is 5.91 Å². The predicted molar refractivity (Wildman–Crippen MR) is 50.2 cm³/mol. The Morgan fingerprint density at radius 1 is 1.43 bits per heavy atom. The molecule has 0 saturated carbocycles. The molecule has 0 aromatic heterocycles. The Morgan fingerprint density at radius 3 is 2.14 bits per heavy atom. The van der Waals surface area contributed by atoms with Crippen LogP contribution >= 0.6 is 0 Å². The molecule has 0 bridgehead atoms. The summed E-state index contributed by atoms with van der Waals surface area (Å²) in [7, 11) is 0. The first-order valence-corrected chi connectivity index (χ1v) is 3.65. The SMILES string of the molecule is C=CC(=O)N=C=O.C=CC(=O)OCC. The summed E-state index contributed by atoms with van der Waals surface area (Å²) in [6.45, 7) is 8.43. The van der Waals surface area contributed by atoms with Crippen LogP contribution in [0.25, 0.3) is 0 Å². The Bertz CT molecular complexity index is 264. The van der Waals surface area contributed by atoms with Crippen LogP contribution in [0.2, 0.25) is 0 Å². The Kier molecular flexibility index (Phi) is 11.4. The van der Waals surface area contributed by atoms with Crippen molar-refractivity contribution >= 4 is 18.0 Å². The molecule has 14 heavy (non-hydrogen) atoms. The quantitative estimate of drug-likeness (QED) is 0.290. The second kappa shape index (κ2) is 11.0. The van der Waals surface area contributed by atoms with E-state index in [1.54, 1.807) is 6.92 Å². The maximum Gasteiger partial charge on any atom is 0.330 e. The van der Waals surface area contributed by atoms with Gasteiger partial charge in [-0.2, -0.15) is 0 Å². The molecule has 0 saturated heterocycles. The van der Waals surface area contributed by atoms with Gasteiger partial charge in [0, 0.05) is 6.08 Å². The number of ether oxygens (including phenoxy) is 1. The molecule has 0 aliphatic rings. The summed E-state index contributed by atoms with van der Waals surface area (Å²) in [6, 6.07) is 0. The lowest BCUT2D eigenvalue weighted by Gasteiger charge is -1.90. The molecule has 5 heteroatoms. The minimum atomic E-state index is -0.657. The van der Waals surface area contributed by atoms with E-state index in [9.17, 15) is 14.4 Å². The number of hydrogen-bond donors (Lipinski definition) is 0. The van der Waals surface area contributed by atoms with Gasteiger partial charge < -0.3 is 4.74 Å². The molecule has 5 nitrogen and oxygen atoms in total. The first-order valence-electron chi connectivity index (χ1n) is 3.65. The summed E-state index contributed by atoms with van der Waals surface area (Å²) in [5.74, 6) is -1.02. The van der Waals surface area contributed by atoms with Crippen molar-refractivity contribution in [2.45, 2.75) is 6.92 Å². The van der Waals surface area contributed by atoms with Crippen LogP contribution in [-0.4, -0.2) is 24.6 Å². The standard InChI is InChI=1S/C5H8O2.C4H3NO2/c1-3-5(6)7-4-2;1-2-4(7)5-3-6/h3H,1,4H2,2H3;2H,1H2. The fourth-order valence-corrected chi connectivity index (χ4v) is 0.292. The van der Waals surface area contributed by atoms with Crippen LogP contribution < -0.4 is 0 Å². The van der Waals surface area contributed by atoms with E-state index in [1.807, 2.05) is 0 Å². The summed E-state index contributed by atoms with van der Waals surface area (Å²) in [5, 5.41) is 0. The maximum absolute atomic E-state index is 10.1. The first kappa shape index (κ1) is 14.5. The van der Waals surface area contributed by atoms with Gasteiger partial charge in [0.1, 0.15) is 0 Å². The van der Waals surface area contributed by atoms with Crippen molar-refractivity contribution in [2.75, 3.05) is 6.61 Å².